The topological polar surface area (TPSA) is 72.2 Å². The number of nitrogens with one attached hydrogen (secondary N) is 1. The molecule has 19 heavy (non-hydrogen) atoms. The summed E-state index contributed by atoms with van der Waals surface area (Å²) in [6, 6.07) is 3.14. The van der Waals surface area contributed by atoms with E-state index in [0.29, 0.717) is 4.47 Å². The Kier molecular flexibility index (Phi) is 6.29. The lowest BCUT2D eigenvalue weighted by molar-refractivity contribution is 0.534. The van der Waals surface area contributed by atoms with Crippen molar-refractivity contribution >= 4 is 47.6 Å². The predicted octanol–water partition coefficient (Wildman–Crippen LogP) is 3.65. The first-order valence-corrected chi connectivity index (χ1v) is 9.11. The molecular weight excluding hydrogens is 396 g/mol. The monoisotopic (exact) mass is 412 g/mol. The Labute approximate surface area is 131 Å². The fourth-order valence-electron chi connectivity index (χ4n) is 1.76. The van der Waals surface area contributed by atoms with E-state index in [1.165, 1.54) is 0 Å². The molecule has 1 aromatic rings. The third-order valence-corrected chi connectivity index (χ3v) is 5.70. The number of benzene rings is 1. The highest BCUT2D eigenvalue weighted by molar-refractivity contribution is 9.11. The van der Waals surface area contributed by atoms with Crippen molar-refractivity contribution in [3.8, 4) is 0 Å². The summed E-state index contributed by atoms with van der Waals surface area (Å²) in [7, 11) is -3.61. The van der Waals surface area contributed by atoms with Gasteiger partial charge in [0.2, 0.25) is 10.0 Å². The van der Waals surface area contributed by atoms with Crippen molar-refractivity contribution in [2.75, 3.05) is 5.73 Å². The van der Waals surface area contributed by atoms with Crippen molar-refractivity contribution in [2.24, 2.45) is 0 Å². The first kappa shape index (κ1) is 16.9. The van der Waals surface area contributed by atoms with Crippen LogP contribution in [0.25, 0.3) is 0 Å². The van der Waals surface area contributed by atoms with E-state index in [1.807, 2.05) is 6.92 Å². The van der Waals surface area contributed by atoms with Gasteiger partial charge >= 0.3 is 0 Å². The van der Waals surface area contributed by atoms with Crippen molar-refractivity contribution in [2.45, 2.75) is 44.0 Å². The molecular formula is C12H18Br2N2O2S. The molecule has 0 amide bonds. The molecule has 1 atom stereocenters. The summed E-state index contributed by atoms with van der Waals surface area (Å²) in [6.45, 7) is 3.93. The molecule has 1 unspecified atom stereocenters. The molecule has 0 saturated carbocycles. The number of hydrogen-bond donors (Lipinski definition) is 2. The molecule has 0 aliphatic heterocycles. The SMILES string of the molecule is CCCCC(C)NS(=O)(=O)c1c(N)cc(Br)cc1Br. The normalized spacial score (nSPS) is 13.5. The van der Waals surface area contributed by atoms with Gasteiger partial charge in [-0.25, -0.2) is 13.1 Å². The van der Waals surface area contributed by atoms with E-state index >= 15 is 0 Å². The average Bonchev–Trinajstić information content (AvgIpc) is 2.23. The highest BCUT2D eigenvalue weighted by atomic mass is 79.9. The molecule has 0 spiro atoms. The molecule has 0 bridgehead atoms. The van der Waals surface area contributed by atoms with E-state index in [1.54, 1.807) is 12.1 Å². The molecule has 0 saturated heterocycles. The van der Waals surface area contributed by atoms with Gasteiger partial charge in [-0.15, -0.1) is 0 Å². The minimum Gasteiger partial charge on any atom is -0.398 e. The van der Waals surface area contributed by atoms with E-state index in [9.17, 15) is 8.42 Å². The Hall–Kier alpha value is -0.110. The molecule has 0 aliphatic carbocycles. The Morgan fingerprint density at radius 2 is 2.00 bits per heavy atom. The van der Waals surface area contributed by atoms with E-state index in [0.717, 1.165) is 23.7 Å². The number of nitrogens with two attached hydrogens (primary N) is 1. The molecule has 108 valence electrons. The Balaban J connectivity index is 3.01. The fraction of sp³-hybridized carbons (Fsp3) is 0.500. The van der Waals surface area contributed by atoms with Crippen molar-refractivity contribution in [3.05, 3.63) is 21.1 Å². The number of halogens is 2. The number of sulfonamides is 1. The van der Waals surface area contributed by atoms with E-state index in [-0.39, 0.29) is 16.6 Å². The quantitative estimate of drug-likeness (QED) is 0.699. The highest BCUT2D eigenvalue weighted by Gasteiger charge is 2.23. The summed E-state index contributed by atoms with van der Waals surface area (Å²) in [4.78, 5) is 0.0963. The Bertz CT molecular complexity index is 524. The van der Waals surface area contributed by atoms with Crippen molar-refractivity contribution in [3.63, 3.8) is 0 Å². The summed E-state index contributed by atoms with van der Waals surface area (Å²) in [6.07, 6.45) is 2.83. The van der Waals surface area contributed by atoms with E-state index < -0.39 is 10.0 Å². The summed E-state index contributed by atoms with van der Waals surface area (Å²) < 4.78 is 28.5. The molecule has 0 heterocycles. The lowest BCUT2D eigenvalue weighted by atomic mass is 10.2. The van der Waals surface area contributed by atoms with Gasteiger partial charge in [-0.3, -0.25) is 0 Å². The standard InChI is InChI=1S/C12H18Br2N2O2S/c1-3-4-5-8(2)16-19(17,18)12-10(14)6-9(13)7-11(12)15/h6-8,16H,3-5,15H2,1-2H3. The molecule has 0 aliphatic rings. The van der Waals surface area contributed by atoms with Gasteiger partial charge in [0.1, 0.15) is 4.90 Å². The second kappa shape index (κ2) is 7.06. The Morgan fingerprint density at radius 1 is 1.37 bits per heavy atom. The molecule has 4 nitrogen and oxygen atoms in total. The average molecular weight is 414 g/mol. The number of nitrogen functional groups attached to an aromatic ring is 1. The van der Waals surface area contributed by atoms with Gasteiger partial charge in [0.15, 0.2) is 0 Å². The van der Waals surface area contributed by atoms with Gasteiger partial charge in [-0.2, -0.15) is 0 Å². The van der Waals surface area contributed by atoms with Crippen LogP contribution in [-0.2, 0) is 10.0 Å². The van der Waals surface area contributed by atoms with E-state index in [2.05, 4.69) is 43.5 Å². The second-order valence-electron chi connectivity index (χ2n) is 4.47. The van der Waals surface area contributed by atoms with Crippen LogP contribution in [0.15, 0.2) is 26.0 Å². The summed E-state index contributed by atoms with van der Waals surface area (Å²) in [5.74, 6) is 0. The molecule has 3 N–H and O–H groups in total. The van der Waals surface area contributed by atoms with Crippen molar-refractivity contribution < 1.29 is 8.42 Å². The van der Waals surface area contributed by atoms with Crippen LogP contribution in [0.3, 0.4) is 0 Å². The lowest BCUT2D eigenvalue weighted by Gasteiger charge is -2.16. The van der Waals surface area contributed by atoms with Crippen LogP contribution in [0.1, 0.15) is 33.1 Å². The molecule has 1 rings (SSSR count). The maximum Gasteiger partial charge on any atom is 0.243 e. The lowest BCUT2D eigenvalue weighted by Crippen LogP contribution is -2.33. The zero-order valence-corrected chi connectivity index (χ0v) is 14.9. The molecule has 1 aromatic carbocycles. The summed E-state index contributed by atoms with van der Waals surface area (Å²) in [5, 5.41) is 0. The largest absolute Gasteiger partial charge is 0.398 e. The highest BCUT2D eigenvalue weighted by Crippen LogP contribution is 2.31. The summed E-state index contributed by atoms with van der Waals surface area (Å²) in [5.41, 5.74) is 6.02. The van der Waals surface area contributed by atoms with Crippen LogP contribution >= 0.6 is 31.9 Å². The summed E-state index contributed by atoms with van der Waals surface area (Å²) >= 11 is 6.52. The third-order valence-electron chi connectivity index (χ3n) is 2.65. The van der Waals surface area contributed by atoms with Gasteiger partial charge in [-0.05, 0) is 41.4 Å². The number of rotatable bonds is 6. The fourth-order valence-corrected chi connectivity index (χ4v) is 5.10. The minimum atomic E-state index is -3.61. The molecule has 7 heteroatoms. The van der Waals surface area contributed by atoms with Gasteiger partial charge in [0, 0.05) is 15.0 Å². The third kappa shape index (κ3) is 4.73. The number of anilines is 1. The van der Waals surface area contributed by atoms with E-state index in [4.69, 9.17) is 5.73 Å². The number of unbranched alkanes of at least 4 members (excludes halogenated alkanes) is 1. The minimum absolute atomic E-state index is 0.0963. The van der Waals surface area contributed by atoms with Crippen molar-refractivity contribution in [1.29, 1.82) is 0 Å². The van der Waals surface area contributed by atoms with Crippen LogP contribution in [0, 0.1) is 0 Å². The van der Waals surface area contributed by atoms with Crippen LogP contribution < -0.4 is 10.5 Å². The Morgan fingerprint density at radius 3 is 2.53 bits per heavy atom. The maximum absolute atomic E-state index is 12.3. The second-order valence-corrected chi connectivity index (χ2v) is 7.89. The van der Waals surface area contributed by atoms with Crippen LogP contribution in [-0.4, -0.2) is 14.5 Å². The maximum atomic E-state index is 12.3. The van der Waals surface area contributed by atoms with Gasteiger partial charge < -0.3 is 5.73 Å². The van der Waals surface area contributed by atoms with Crippen LogP contribution in [0.5, 0.6) is 0 Å². The smallest absolute Gasteiger partial charge is 0.243 e. The first-order chi connectivity index (χ1) is 8.77. The first-order valence-electron chi connectivity index (χ1n) is 6.04. The van der Waals surface area contributed by atoms with Crippen molar-refractivity contribution in [1.82, 2.24) is 4.72 Å². The van der Waals surface area contributed by atoms with Gasteiger partial charge in [-0.1, -0.05) is 35.7 Å². The zero-order valence-electron chi connectivity index (χ0n) is 10.9. The van der Waals surface area contributed by atoms with Gasteiger partial charge in [0.25, 0.3) is 0 Å². The molecule has 0 aromatic heterocycles. The van der Waals surface area contributed by atoms with Gasteiger partial charge in [0.05, 0.1) is 5.69 Å². The number of hydrogen-bond acceptors (Lipinski definition) is 3. The zero-order chi connectivity index (χ0) is 14.6. The van der Waals surface area contributed by atoms with Crippen LogP contribution in [0.2, 0.25) is 0 Å². The molecule has 0 radical (unpaired) electrons. The molecule has 0 fully saturated rings. The predicted molar refractivity (Wildman–Crippen MR) is 85.6 cm³/mol. The van der Waals surface area contributed by atoms with Crippen LogP contribution in [0.4, 0.5) is 5.69 Å².